The Morgan fingerprint density at radius 1 is 1.57 bits per heavy atom. The lowest BCUT2D eigenvalue weighted by atomic mass is 9.90. The topological polar surface area (TPSA) is 46.9 Å². The second-order valence-corrected chi connectivity index (χ2v) is 6.95. The van der Waals surface area contributed by atoms with E-state index in [-0.39, 0.29) is 5.91 Å². The van der Waals surface area contributed by atoms with E-state index >= 15 is 0 Å². The summed E-state index contributed by atoms with van der Waals surface area (Å²) >= 11 is 1.67. The van der Waals surface area contributed by atoms with Crippen LogP contribution in [0, 0.1) is 5.92 Å². The highest BCUT2D eigenvalue weighted by Gasteiger charge is 2.20. The number of nitrogens with one attached hydrogen (secondary N) is 1. The first-order valence-corrected chi connectivity index (χ1v) is 8.39. The summed E-state index contributed by atoms with van der Waals surface area (Å²) in [5, 5.41) is 3.02. The summed E-state index contributed by atoms with van der Waals surface area (Å²) in [4.78, 5) is 18.5. The number of fused-ring (bicyclic) bond motifs is 1. The first kappa shape index (κ1) is 14.3. The zero-order chi connectivity index (χ0) is 14.7. The molecule has 2 aromatic rings. The van der Waals surface area contributed by atoms with Crippen LogP contribution in [0.25, 0.3) is 0 Å². The molecule has 0 saturated heterocycles. The van der Waals surface area contributed by atoms with E-state index in [1.54, 1.807) is 23.9 Å². The Labute approximate surface area is 129 Å². The highest BCUT2D eigenvalue weighted by atomic mass is 32.1. The van der Waals surface area contributed by atoms with Gasteiger partial charge < -0.3 is 9.88 Å². The number of thiophene rings is 1. The van der Waals surface area contributed by atoms with Gasteiger partial charge in [0, 0.05) is 30.4 Å². The fraction of sp³-hybridized carbons (Fsp3) is 0.500. The van der Waals surface area contributed by atoms with Gasteiger partial charge in [-0.3, -0.25) is 4.79 Å². The Kier molecular flexibility index (Phi) is 4.39. The van der Waals surface area contributed by atoms with Crippen molar-refractivity contribution in [1.29, 1.82) is 0 Å². The van der Waals surface area contributed by atoms with Gasteiger partial charge in [0.25, 0.3) is 5.91 Å². The summed E-state index contributed by atoms with van der Waals surface area (Å²) in [6, 6.07) is 2.10. The average Bonchev–Trinajstić information content (AvgIpc) is 3.11. The first-order chi connectivity index (χ1) is 10.2. The van der Waals surface area contributed by atoms with E-state index < -0.39 is 0 Å². The van der Waals surface area contributed by atoms with E-state index in [4.69, 9.17) is 0 Å². The molecule has 0 aromatic carbocycles. The number of nitrogens with zero attached hydrogens (tertiary/aromatic N) is 2. The number of aromatic nitrogens is 2. The van der Waals surface area contributed by atoms with Gasteiger partial charge in [0.1, 0.15) is 0 Å². The van der Waals surface area contributed by atoms with Gasteiger partial charge in [-0.2, -0.15) is 0 Å². The molecule has 0 unspecified atom stereocenters. The van der Waals surface area contributed by atoms with E-state index in [0.29, 0.717) is 6.54 Å². The molecule has 3 rings (SSSR count). The van der Waals surface area contributed by atoms with E-state index in [9.17, 15) is 4.79 Å². The van der Waals surface area contributed by atoms with Crippen molar-refractivity contribution in [3.8, 4) is 0 Å². The Morgan fingerprint density at radius 3 is 3.29 bits per heavy atom. The van der Waals surface area contributed by atoms with Crippen LogP contribution in [-0.4, -0.2) is 22.0 Å². The quantitative estimate of drug-likeness (QED) is 0.863. The molecule has 0 spiro atoms. The lowest BCUT2D eigenvalue weighted by Gasteiger charge is -2.16. The third-order valence-electron chi connectivity index (χ3n) is 3.99. The fourth-order valence-corrected chi connectivity index (χ4v) is 3.91. The molecule has 0 aliphatic heterocycles. The van der Waals surface area contributed by atoms with Crippen molar-refractivity contribution in [2.24, 2.45) is 5.92 Å². The second-order valence-electron chi connectivity index (χ2n) is 5.82. The summed E-state index contributed by atoms with van der Waals surface area (Å²) in [5.74, 6) is 0.825. The van der Waals surface area contributed by atoms with Gasteiger partial charge in [-0.05, 0) is 43.2 Å². The first-order valence-electron chi connectivity index (χ1n) is 7.58. The number of hydrogen-bond acceptors (Lipinski definition) is 3. The predicted molar refractivity (Wildman–Crippen MR) is 84.7 cm³/mol. The number of hydrogen-bond donors (Lipinski definition) is 1. The summed E-state index contributed by atoms with van der Waals surface area (Å²) in [7, 11) is 0. The third kappa shape index (κ3) is 3.53. The van der Waals surface area contributed by atoms with Crippen molar-refractivity contribution in [3.63, 3.8) is 0 Å². The molecule has 0 fully saturated rings. The molecule has 1 N–H and O–H groups in total. The molecule has 5 heteroatoms. The zero-order valence-corrected chi connectivity index (χ0v) is 13.2. The van der Waals surface area contributed by atoms with Crippen LogP contribution in [0.2, 0.25) is 0 Å². The van der Waals surface area contributed by atoms with Gasteiger partial charge in [-0.1, -0.05) is 6.92 Å². The van der Waals surface area contributed by atoms with Crippen LogP contribution in [0.5, 0.6) is 0 Å². The van der Waals surface area contributed by atoms with Gasteiger partial charge in [0.05, 0.1) is 11.2 Å². The largest absolute Gasteiger partial charge is 0.351 e. The molecule has 2 aromatic heterocycles. The van der Waals surface area contributed by atoms with E-state index in [0.717, 1.165) is 36.6 Å². The smallest absolute Gasteiger partial charge is 0.261 e. The SMILES string of the molecule is C[C@@H]1CCc2sc(C(=O)NCCCn3ccnc3)cc2C1. The number of rotatable bonds is 5. The molecule has 2 heterocycles. The molecule has 1 amide bonds. The van der Waals surface area contributed by atoms with Crippen molar-refractivity contribution in [1.82, 2.24) is 14.9 Å². The van der Waals surface area contributed by atoms with E-state index in [2.05, 4.69) is 23.3 Å². The van der Waals surface area contributed by atoms with Gasteiger partial charge >= 0.3 is 0 Å². The van der Waals surface area contributed by atoms with Crippen LogP contribution in [0.3, 0.4) is 0 Å². The average molecular weight is 303 g/mol. The lowest BCUT2D eigenvalue weighted by Crippen LogP contribution is -2.24. The maximum Gasteiger partial charge on any atom is 0.261 e. The monoisotopic (exact) mass is 303 g/mol. The molecule has 21 heavy (non-hydrogen) atoms. The molecule has 1 aliphatic rings. The molecular weight excluding hydrogens is 282 g/mol. The summed E-state index contributed by atoms with van der Waals surface area (Å²) < 4.78 is 2.03. The maximum absolute atomic E-state index is 12.2. The zero-order valence-electron chi connectivity index (χ0n) is 12.3. The number of carbonyl (C=O) groups is 1. The van der Waals surface area contributed by atoms with Gasteiger partial charge in [-0.25, -0.2) is 4.98 Å². The number of amides is 1. The second kappa shape index (κ2) is 6.43. The summed E-state index contributed by atoms with van der Waals surface area (Å²) in [6.07, 6.45) is 9.95. The molecule has 0 bridgehead atoms. The molecule has 0 saturated carbocycles. The summed E-state index contributed by atoms with van der Waals surface area (Å²) in [6.45, 7) is 3.88. The Morgan fingerprint density at radius 2 is 2.48 bits per heavy atom. The molecule has 4 nitrogen and oxygen atoms in total. The molecule has 1 atom stereocenters. The standard InChI is InChI=1S/C16H21N3OS/c1-12-3-4-14-13(9-12)10-15(21-14)16(20)18-5-2-7-19-8-6-17-11-19/h6,8,10-12H,2-5,7,9H2,1H3,(H,18,20)/t12-/m1/s1. The minimum Gasteiger partial charge on any atom is -0.351 e. The van der Waals surface area contributed by atoms with Crippen LogP contribution in [-0.2, 0) is 19.4 Å². The number of aryl methyl sites for hydroxylation is 2. The normalized spacial score (nSPS) is 17.5. The molecule has 1 aliphatic carbocycles. The van der Waals surface area contributed by atoms with Crippen LogP contribution in [0.15, 0.2) is 24.8 Å². The Balaban J connectivity index is 1.49. The van der Waals surface area contributed by atoms with Gasteiger partial charge in [0.15, 0.2) is 0 Å². The number of carbonyl (C=O) groups excluding carboxylic acids is 1. The van der Waals surface area contributed by atoms with Crippen LogP contribution in [0.4, 0.5) is 0 Å². The maximum atomic E-state index is 12.2. The van der Waals surface area contributed by atoms with Crippen molar-refractivity contribution >= 4 is 17.2 Å². The van der Waals surface area contributed by atoms with Crippen molar-refractivity contribution in [2.45, 2.75) is 39.2 Å². The van der Waals surface area contributed by atoms with Crippen molar-refractivity contribution in [3.05, 3.63) is 40.1 Å². The Bertz CT molecular complexity index is 603. The molecular formula is C16H21N3OS. The predicted octanol–water partition coefficient (Wildman–Crippen LogP) is 2.89. The highest BCUT2D eigenvalue weighted by Crippen LogP contribution is 2.32. The fourth-order valence-electron chi connectivity index (χ4n) is 2.79. The van der Waals surface area contributed by atoms with Gasteiger partial charge in [0.2, 0.25) is 0 Å². The molecule has 112 valence electrons. The van der Waals surface area contributed by atoms with Crippen LogP contribution < -0.4 is 5.32 Å². The van der Waals surface area contributed by atoms with Crippen LogP contribution in [0.1, 0.15) is 39.9 Å². The highest BCUT2D eigenvalue weighted by molar-refractivity contribution is 7.14. The van der Waals surface area contributed by atoms with Gasteiger partial charge in [-0.15, -0.1) is 11.3 Å². The van der Waals surface area contributed by atoms with Crippen molar-refractivity contribution in [2.75, 3.05) is 6.54 Å². The van der Waals surface area contributed by atoms with E-state index in [1.165, 1.54) is 16.9 Å². The Hall–Kier alpha value is -1.62. The minimum atomic E-state index is 0.0766. The minimum absolute atomic E-state index is 0.0766. The number of imidazole rings is 1. The van der Waals surface area contributed by atoms with Crippen molar-refractivity contribution < 1.29 is 4.79 Å². The lowest BCUT2D eigenvalue weighted by molar-refractivity contribution is 0.0956. The molecule has 0 radical (unpaired) electrons. The van der Waals surface area contributed by atoms with Crippen LogP contribution >= 0.6 is 11.3 Å². The van der Waals surface area contributed by atoms with E-state index in [1.807, 2.05) is 10.8 Å². The summed E-state index contributed by atoms with van der Waals surface area (Å²) in [5.41, 5.74) is 1.39. The third-order valence-corrected chi connectivity index (χ3v) is 5.23.